The summed E-state index contributed by atoms with van der Waals surface area (Å²) in [7, 11) is 0. The Bertz CT molecular complexity index is 763. The largest absolute Gasteiger partial charge is 0.325 e. The van der Waals surface area contributed by atoms with Crippen LogP contribution in [0.15, 0.2) is 29.4 Å². The van der Waals surface area contributed by atoms with E-state index in [1.165, 1.54) is 29.7 Å². The molecule has 7 nitrogen and oxygen atoms in total. The molecule has 0 radical (unpaired) electrons. The van der Waals surface area contributed by atoms with Gasteiger partial charge in [0.25, 0.3) is 5.82 Å². The molecule has 1 heterocycles. The third-order valence-corrected chi connectivity index (χ3v) is 3.55. The Morgan fingerprint density at radius 1 is 1.45 bits per heavy atom. The van der Waals surface area contributed by atoms with Crippen LogP contribution in [-0.2, 0) is 11.3 Å². The van der Waals surface area contributed by atoms with Crippen molar-refractivity contribution in [1.29, 1.82) is 5.26 Å². The molecule has 1 N–H and O–H groups in total. The zero-order valence-electron chi connectivity index (χ0n) is 12.0. The fourth-order valence-electron chi connectivity index (χ4n) is 1.82. The maximum absolute atomic E-state index is 12.2. The van der Waals surface area contributed by atoms with Gasteiger partial charge in [0.05, 0.1) is 5.69 Å². The molecule has 0 bridgehead atoms. The van der Waals surface area contributed by atoms with Crippen molar-refractivity contribution in [3.05, 3.63) is 35.9 Å². The van der Waals surface area contributed by atoms with Gasteiger partial charge in [-0.3, -0.25) is 9.59 Å². The molecule has 0 saturated heterocycles. The zero-order chi connectivity index (χ0) is 16.1. The monoisotopic (exact) mass is 315 g/mol. The van der Waals surface area contributed by atoms with Gasteiger partial charge in [0.2, 0.25) is 5.91 Å². The second-order valence-corrected chi connectivity index (χ2v) is 5.25. The average molecular weight is 315 g/mol. The minimum atomic E-state index is -0.166. The maximum Gasteiger partial charge on any atom is 0.252 e. The molecule has 0 spiro atoms. The summed E-state index contributed by atoms with van der Waals surface area (Å²) in [5.74, 6) is -0.293. The normalized spacial score (nSPS) is 10.0. The maximum atomic E-state index is 12.2. The van der Waals surface area contributed by atoms with Crippen molar-refractivity contribution in [3.63, 3.8) is 0 Å². The van der Waals surface area contributed by atoms with E-state index in [-0.39, 0.29) is 24.1 Å². The number of thioether (sulfide) groups is 1. The van der Waals surface area contributed by atoms with E-state index in [0.29, 0.717) is 11.3 Å². The van der Waals surface area contributed by atoms with Crippen molar-refractivity contribution in [2.75, 3.05) is 11.6 Å². The van der Waals surface area contributed by atoms with E-state index in [1.807, 2.05) is 6.26 Å². The van der Waals surface area contributed by atoms with Gasteiger partial charge in [0.15, 0.2) is 5.78 Å². The predicted octanol–water partition coefficient (Wildman–Crippen LogP) is 1.71. The smallest absolute Gasteiger partial charge is 0.252 e. The Balaban J connectivity index is 2.19. The molecule has 1 aromatic carbocycles. The van der Waals surface area contributed by atoms with E-state index in [9.17, 15) is 9.59 Å². The number of nitrogens with zero attached hydrogens (tertiary/aromatic N) is 4. The number of Topliss-reactive ketones (excluding diaryl/α,β-unsaturated/α-hetero) is 1. The van der Waals surface area contributed by atoms with Gasteiger partial charge < -0.3 is 5.32 Å². The van der Waals surface area contributed by atoms with Gasteiger partial charge in [0.1, 0.15) is 18.9 Å². The number of benzene rings is 1. The number of aromatic nitrogens is 3. The standard InChI is InChI=1S/C14H13N5O2S/c1-9(20)17-11-4-3-10(5-13(11)22-2)12(21)7-19-8-16-14(6-15)18-19/h3-5,8H,7H2,1-2H3,(H,17,20). The Morgan fingerprint density at radius 2 is 2.23 bits per heavy atom. The third-order valence-electron chi connectivity index (χ3n) is 2.78. The Labute approximate surface area is 131 Å². The van der Waals surface area contributed by atoms with Crippen LogP contribution in [0, 0.1) is 11.3 Å². The van der Waals surface area contributed by atoms with Crippen molar-refractivity contribution >= 4 is 29.1 Å². The van der Waals surface area contributed by atoms with Gasteiger partial charge in [-0.25, -0.2) is 9.67 Å². The van der Waals surface area contributed by atoms with Crippen LogP contribution < -0.4 is 5.32 Å². The van der Waals surface area contributed by atoms with Crippen LogP contribution in [0.4, 0.5) is 5.69 Å². The first-order valence-electron chi connectivity index (χ1n) is 6.32. The molecular formula is C14H13N5O2S. The third kappa shape index (κ3) is 3.71. The Morgan fingerprint density at radius 3 is 2.82 bits per heavy atom. The van der Waals surface area contributed by atoms with Gasteiger partial charge in [-0.2, -0.15) is 5.26 Å². The summed E-state index contributed by atoms with van der Waals surface area (Å²) in [6.07, 6.45) is 3.21. The van der Waals surface area contributed by atoms with Gasteiger partial charge in [-0.1, -0.05) is 0 Å². The van der Waals surface area contributed by atoms with Crippen LogP contribution >= 0.6 is 11.8 Å². The van der Waals surface area contributed by atoms with Crippen LogP contribution in [0.2, 0.25) is 0 Å². The molecule has 1 aromatic heterocycles. The molecular weight excluding hydrogens is 302 g/mol. The fraction of sp³-hybridized carbons (Fsp3) is 0.214. The predicted molar refractivity (Wildman–Crippen MR) is 81.6 cm³/mol. The fourth-order valence-corrected chi connectivity index (χ4v) is 2.40. The minimum Gasteiger partial charge on any atom is -0.325 e. The number of carbonyl (C=O) groups is 2. The molecule has 1 amide bonds. The summed E-state index contributed by atoms with van der Waals surface area (Å²) >= 11 is 1.44. The number of ketones is 1. The first-order chi connectivity index (χ1) is 10.5. The molecule has 0 atom stereocenters. The molecule has 0 fully saturated rings. The lowest BCUT2D eigenvalue weighted by Gasteiger charge is -2.09. The van der Waals surface area contributed by atoms with Crippen molar-refractivity contribution < 1.29 is 9.59 Å². The van der Waals surface area contributed by atoms with Crippen LogP contribution in [0.3, 0.4) is 0 Å². The van der Waals surface area contributed by atoms with E-state index in [4.69, 9.17) is 5.26 Å². The number of hydrogen-bond acceptors (Lipinski definition) is 6. The summed E-state index contributed by atoms with van der Waals surface area (Å²) in [6, 6.07) is 6.87. The van der Waals surface area contributed by atoms with Gasteiger partial charge in [-0.05, 0) is 24.5 Å². The van der Waals surface area contributed by atoms with Crippen LogP contribution in [0.5, 0.6) is 0 Å². The van der Waals surface area contributed by atoms with Crippen molar-refractivity contribution in [1.82, 2.24) is 14.8 Å². The molecule has 0 saturated carbocycles. The Kier molecular flexibility index (Phi) is 4.91. The average Bonchev–Trinajstić information content (AvgIpc) is 2.94. The summed E-state index contributed by atoms with van der Waals surface area (Å²) in [5.41, 5.74) is 1.18. The highest BCUT2D eigenvalue weighted by molar-refractivity contribution is 7.98. The molecule has 22 heavy (non-hydrogen) atoms. The molecule has 0 aliphatic carbocycles. The van der Waals surface area contributed by atoms with Crippen LogP contribution in [0.25, 0.3) is 0 Å². The minimum absolute atomic E-state index is 0.00197. The zero-order valence-corrected chi connectivity index (χ0v) is 12.8. The number of nitrogens with one attached hydrogen (secondary N) is 1. The molecule has 8 heteroatoms. The highest BCUT2D eigenvalue weighted by atomic mass is 32.2. The number of hydrogen-bond donors (Lipinski definition) is 1. The first-order valence-corrected chi connectivity index (χ1v) is 7.54. The van der Waals surface area contributed by atoms with Crippen molar-refractivity contribution in [2.45, 2.75) is 18.4 Å². The second kappa shape index (κ2) is 6.87. The van der Waals surface area contributed by atoms with E-state index >= 15 is 0 Å². The lowest BCUT2D eigenvalue weighted by atomic mass is 10.1. The van der Waals surface area contributed by atoms with E-state index in [2.05, 4.69) is 15.4 Å². The first kappa shape index (κ1) is 15.7. The molecule has 2 rings (SSSR count). The molecule has 2 aromatic rings. The highest BCUT2D eigenvalue weighted by Gasteiger charge is 2.12. The lowest BCUT2D eigenvalue weighted by molar-refractivity contribution is -0.114. The number of amides is 1. The number of rotatable bonds is 5. The summed E-state index contributed by atoms with van der Waals surface area (Å²) < 4.78 is 1.32. The summed E-state index contributed by atoms with van der Waals surface area (Å²) in [6.45, 7) is 1.43. The molecule has 0 aliphatic heterocycles. The quantitative estimate of drug-likeness (QED) is 0.666. The Hall–Kier alpha value is -2.66. The van der Waals surface area contributed by atoms with Crippen LogP contribution in [-0.4, -0.2) is 32.7 Å². The topological polar surface area (TPSA) is 101 Å². The number of nitriles is 1. The van der Waals surface area contributed by atoms with Crippen molar-refractivity contribution in [3.8, 4) is 6.07 Å². The second-order valence-electron chi connectivity index (χ2n) is 4.40. The van der Waals surface area contributed by atoms with E-state index in [0.717, 1.165) is 4.90 Å². The van der Waals surface area contributed by atoms with Gasteiger partial charge in [-0.15, -0.1) is 16.9 Å². The van der Waals surface area contributed by atoms with Crippen LogP contribution in [0.1, 0.15) is 23.1 Å². The molecule has 0 unspecified atom stereocenters. The van der Waals surface area contributed by atoms with E-state index in [1.54, 1.807) is 24.3 Å². The number of carbonyl (C=O) groups excluding carboxylic acids is 2. The summed E-state index contributed by atoms with van der Waals surface area (Å²) in [4.78, 5) is 27.9. The van der Waals surface area contributed by atoms with Crippen molar-refractivity contribution in [2.24, 2.45) is 0 Å². The van der Waals surface area contributed by atoms with E-state index < -0.39 is 0 Å². The highest BCUT2D eigenvalue weighted by Crippen LogP contribution is 2.26. The lowest BCUT2D eigenvalue weighted by Crippen LogP contribution is -2.12. The summed E-state index contributed by atoms with van der Waals surface area (Å²) in [5, 5.41) is 15.2. The van der Waals surface area contributed by atoms with Gasteiger partial charge in [0, 0.05) is 17.4 Å². The SMILES string of the molecule is CSc1cc(C(=O)Cn2cnc(C#N)n2)ccc1NC(C)=O. The number of anilines is 1. The molecule has 112 valence electrons. The molecule has 0 aliphatic rings. The van der Waals surface area contributed by atoms with Gasteiger partial charge >= 0.3 is 0 Å².